The maximum Gasteiger partial charge on any atom is 0.233 e. The third-order valence-electron chi connectivity index (χ3n) is 3.20. The molecule has 2 aromatic carbocycles. The van der Waals surface area contributed by atoms with Gasteiger partial charge in [0.05, 0.1) is 12.3 Å². The molecule has 0 unspecified atom stereocenters. The van der Waals surface area contributed by atoms with Crippen LogP contribution in [0.1, 0.15) is 18.9 Å². The number of carbonyl (C=O) groups is 2. The van der Waals surface area contributed by atoms with Crippen molar-refractivity contribution in [3.8, 4) is 5.75 Å². The fourth-order valence-corrected chi connectivity index (χ4v) is 2.10. The van der Waals surface area contributed by atoms with E-state index in [1.54, 1.807) is 24.3 Å². The van der Waals surface area contributed by atoms with Crippen molar-refractivity contribution in [3.05, 3.63) is 54.1 Å². The molecule has 0 radical (unpaired) electrons. The van der Waals surface area contributed by atoms with Crippen LogP contribution in [0.4, 0.5) is 11.4 Å². The molecular weight excluding hydrogens is 292 g/mol. The molecule has 0 saturated heterocycles. The Labute approximate surface area is 135 Å². The number of aryl methyl sites for hydroxylation is 1. The number of hydrogen-bond donors (Lipinski definition) is 2. The first-order valence-corrected chi connectivity index (χ1v) is 7.47. The topological polar surface area (TPSA) is 67.4 Å². The van der Waals surface area contributed by atoms with Gasteiger partial charge in [-0.3, -0.25) is 9.59 Å². The lowest BCUT2D eigenvalue weighted by Gasteiger charge is -2.11. The third kappa shape index (κ3) is 4.85. The predicted molar refractivity (Wildman–Crippen MR) is 90.7 cm³/mol. The van der Waals surface area contributed by atoms with Crippen LogP contribution in [0.25, 0.3) is 0 Å². The van der Waals surface area contributed by atoms with Crippen LogP contribution in [0.5, 0.6) is 5.75 Å². The van der Waals surface area contributed by atoms with Gasteiger partial charge in [-0.15, -0.1) is 0 Å². The summed E-state index contributed by atoms with van der Waals surface area (Å²) in [6, 6.07) is 14.6. The zero-order valence-electron chi connectivity index (χ0n) is 13.3. The minimum Gasteiger partial charge on any atom is -0.492 e. The van der Waals surface area contributed by atoms with E-state index in [-0.39, 0.29) is 18.2 Å². The van der Waals surface area contributed by atoms with E-state index in [1.807, 2.05) is 38.1 Å². The molecular formula is C18H20N2O3. The lowest BCUT2D eigenvalue weighted by atomic mass is 10.2. The predicted octanol–water partition coefficient (Wildman–Crippen LogP) is 3.36. The molecule has 0 aromatic heterocycles. The normalized spacial score (nSPS) is 10.0. The summed E-state index contributed by atoms with van der Waals surface area (Å²) in [7, 11) is 0. The smallest absolute Gasteiger partial charge is 0.233 e. The van der Waals surface area contributed by atoms with Crippen LogP contribution in [0.3, 0.4) is 0 Å². The first-order valence-electron chi connectivity index (χ1n) is 7.47. The monoisotopic (exact) mass is 312 g/mol. The Balaban J connectivity index is 1.95. The van der Waals surface area contributed by atoms with Crippen LogP contribution in [0, 0.1) is 6.92 Å². The van der Waals surface area contributed by atoms with Gasteiger partial charge in [0.15, 0.2) is 0 Å². The number of rotatable bonds is 6. The number of anilines is 2. The average molecular weight is 312 g/mol. The van der Waals surface area contributed by atoms with Crippen molar-refractivity contribution in [1.29, 1.82) is 0 Å². The Morgan fingerprint density at radius 1 is 0.913 bits per heavy atom. The van der Waals surface area contributed by atoms with Crippen molar-refractivity contribution in [2.24, 2.45) is 0 Å². The van der Waals surface area contributed by atoms with Crippen molar-refractivity contribution in [2.75, 3.05) is 17.2 Å². The largest absolute Gasteiger partial charge is 0.492 e. The summed E-state index contributed by atoms with van der Waals surface area (Å²) in [5.41, 5.74) is 2.21. The van der Waals surface area contributed by atoms with Gasteiger partial charge in [-0.25, -0.2) is 0 Å². The maximum absolute atomic E-state index is 12.0. The van der Waals surface area contributed by atoms with Gasteiger partial charge >= 0.3 is 0 Å². The Bertz CT molecular complexity index is 698. The van der Waals surface area contributed by atoms with Crippen LogP contribution in [0.15, 0.2) is 48.5 Å². The van der Waals surface area contributed by atoms with E-state index in [0.29, 0.717) is 23.7 Å². The van der Waals surface area contributed by atoms with E-state index in [4.69, 9.17) is 4.74 Å². The van der Waals surface area contributed by atoms with Gasteiger partial charge in [0.25, 0.3) is 0 Å². The maximum atomic E-state index is 12.0. The van der Waals surface area contributed by atoms with Crippen molar-refractivity contribution in [1.82, 2.24) is 0 Å². The molecule has 0 bridgehead atoms. The highest BCUT2D eigenvalue weighted by Gasteiger charge is 2.12. The molecule has 0 aliphatic carbocycles. The Hall–Kier alpha value is -2.82. The molecule has 0 atom stereocenters. The summed E-state index contributed by atoms with van der Waals surface area (Å²) in [5, 5.41) is 5.44. The van der Waals surface area contributed by atoms with Gasteiger partial charge in [-0.05, 0) is 37.6 Å². The van der Waals surface area contributed by atoms with E-state index in [9.17, 15) is 9.59 Å². The zero-order valence-corrected chi connectivity index (χ0v) is 13.3. The number of carbonyl (C=O) groups excluding carboxylic acids is 2. The second-order valence-corrected chi connectivity index (χ2v) is 5.02. The summed E-state index contributed by atoms with van der Waals surface area (Å²) in [6.07, 6.45) is -0.255. The minimum absolute atomic E-state index is 0.255. The highest BCUT2D eigenvalue weighted by molar-refractivity contribution is 6.08. The molecule has 0 spiro atoms. The fraction of sp³-hybridized carbons (Fsp3) is 0.222. The van der Waals surface area contributed by atoms with Crippen LogP contribution in [-0.2, 0) is 9.59 Å². The summed E-state index contributed by atoms with van der Waals surface area (Å²) < 4.78 is 5.44. The second kappa shape index (κ2) is 7.98. The number of nitrogens with one attached hydrogen (secondary N) is 2. The number of amides is 2. The number of hydrogen-bond acceptors (Lipinski definition) is 3. The standard InChI is InChI=1S/C18H20N2O3/c1-3-23-16-11-7-6-10-15(16)20-18(22)12-17(21)19-14-9-5-4-8-13(14)2/h4-11H,3,12H2,1-2H3,(H,19,21)(H,20,22). The molecule has 0 aliphatic heterocycles. The average Bonchev–Trinajstić information content (AvgIpc) is 2.51. The zero-order chi connectivity index (χ0) is 16.7. The molecule has 5 heteroatoms. The first-order chi connectivity index (χ1) is 11.1. The van der Waals surface area contributed by atoms with Crippen molar-refractivity contribution in [2.45, 2.75) is 20.3 Å². The van der Waals surface area contributed by atoms with Gasteiger partial charge in [0, 0.05) is 5.69 Å². The quantitative estimate of drug-likeness (QED) is 0.804. The van der Waals surface area contributed by atoms with E-state index in [1.165, 1.54) is 0 Å². The highest BCUT2D eigenvalue weighted by Crippen LogP contribution is 2.23. The minimum atomic E-state index is -0.386. The van der Waals surface area contributed by atoms with Crippen molar-refractivity contribution < 1.29 is 14.3 Å². The molecule has 2 rings (SSSR count). The van der Waals surface area contributed by atoms with Crippen molar-refractivity contribution >= 4 is 23.2 Å². The van der Waals surface area contributed by atoms with E-state index in [2.05, 4.69) is 10.6 Å². The van der Waals surface area contributed by atoms with Crippen LogP contribution in [-0.4, -0.2) is 18.4 Å². The van der Waals surface area contributed by atoms with Gasteiger partial charge in [0.2, 0.25) is 11.8 Å². The lowest BCUT2D eigenvalue weighted by Crippen LogP contribution is -2.22. The molecule has 2 amide bonds. The van der Waals surface area contributed by atoms with Crippen molar-refractivity contribution in [3.63, 3.8) is 0 Å². The molecule has 23 heavy (non-hydrogen) atoms. The molecule has 5 nitrogen and oxygen atoms in total. The highest BCUT2D eigenvalue weighted by atomic mass is 16.5. The Morgan fingerprint density at radius 2 is 1.48 bits per heavy atom. The number of para-hydroxylation sites is 3. The first kappa shape index (κ1) is 16.5. The van der Waals surface area contributed by atoms with E-state index >= 15 is 0 Å². The SMILES string of the molecule is CCOc1ccccc1NC(=O)CC(=O)Nc1ccccc1C. The third-order valence-corrected chi connectivity index (χ3v) is 3.20. The van der Waals surface area contributed by atoms with Gasteiger partial charge in [0.1, 0.15) is 12.2 Å². The Kier molecular flexibility index (Phi) is 5.74. The molecule has 2 aromatic rings. The molecule has 0 fully saturated rings. The summed E-state index contributed by atoms with van der Waals surface area (Å²) >= 11 is 0. The molecule has 0 heterocycles. The summed E-state index contributed by atoms with van der Waals surface area (Å²) in [4.78, 5) is 24.0. The molecule has 0 saturated carbocycles. The van der Waals surface area contributed by atoms with E-state index in [0.717, 1.165) is 5.56 Å². The van der Waals surface area contributed by atoms with Crippen LogP contribution in [0.2, 0.25) is 0 Å². The molecule has 0 aliphatic rings. The molecule has 2 N–H and O–H groups in total. The van der Waals surface area contributed by atoms with Gasteiger partial charge in [-0.1, -0.05) is 30.3 Å². The summed E-state index contributed by atoms with van der Waals surface area (Å²) in [5.74, 6) is -0.156. The van der Waals surface area contributed by atoms with Crippen LogP contribution < -0.4 is 15.4 Å². The van der Waals surface area contributed by atoms with Gasteiger partial charge in [-0.2, -0.15) is 0 Å². The number of ether oxygens (including phenoxy) is 1. The lowest BCUT2D eigenvalue weighted by molar-refractivity contribution is -0.123. The number of benzene rings is 2. The second-order valence-electron chi connectivity index (χ2n) is 5.02. The fourth-order valence-electron chi connectivity index (χ4n) is 2.10. The summed E-state index contributed by atoms with van der Waals surface area (Å²) in [6.45, 7) is 4.27. The van der Waals surface area contributed by atoms with Gasteiger partial charge < -0.3 is 15.4 Å². The van der Waals surface area contributed by atoms with Crippen LogP contribution >= 0.6 is 0 Å². The molecule has 120 valence electrons. The van der Waals surface area contributed by atoms with E-state index < -0.39 is 0 Å². The Morgan fingerprint density at radius 3 is 2.13 bits per heavy atom.